The van der Waals surface area contributed by atoms with Gasteiger partial charge in [0.2, 0.25) is 11.7 Å². The summed E-state index contributed by atoms with van der Waals surface area (Å²) in [5.74, 6) is -6.05. The van der Waals surface area contributed by atoms with E-state index in [0.29, 0.717) is 6.42 Å². The Bertz CT molecular complexity index is 1540. The zero-order chi connectivity index (χ0) is 43.2. The van der Waals surface area contributed by atoms with E-state index in [2.05, 4.69) is 5.32 Å². The molecule has 58 heavy (non-hydrogen) atoms. The Hall–Kier alpha value is -3.32. The van der Waals surface area contributed by atoms with Crippen molar-refractivity contribution < 1.29 is 68.6 Å². The molecule has 15 nitrogen and oxygen atoms in total. The summed E-state index contributed by atoms with van der Waals surface area (Å²) in [7, 11) is 3.04. The minimum atomic E-state index is -2.59. The van der Waals surface area contributed by atoms with Crippen molar-refractivity contribution in [3.05, 3.63) is 84.6 Å². The molecule has 15 heteroatoms. The van der Waals surface area contributed by atoms with E-state index in [1.165, 1.54) is 13.2 Å². The van der Waals surface area contributed by atoms with E-state index in [-0.39, 0.29) is 31.1 Å². The minimum Gasteiger partial charge on any atom is -0.478 e. The van der Waals surface area contributed by atoms with Crippen molar-refractivity contribution in [1.29, 1.82) is 0 Å². The number of aliphatic carboxylic acids is 1. The van der Waals surface area contributed by atoms with Crippen LogP contribution in [-0.2, 0) is 38.0 Å². The first-order chi connectivity index (χ1) is 27.4. The lowest BCUT2D eigenvalue weighted by Crippen LogP contribution is -2.70. The Labute approximate surface area is 342 Å². The molecule has 3 saturated heterocycles. The molecule has 0 aliphatic carbocycles. The third-order valence-corrected chi connectivity index (χ3v) is 11.1. The molecule has 3 rings (SSSR count). The number of carboxylic acids is 1. The third-order valence-electron chi connectivity index (χ3n) is 11.1. The Morgan fingerprint density at radius 3 is 2.29 bits per heavy atom. The maximum atomic E-state index is 13.9. The maximum absolute atomic E-state index is 13.9. The summed E-state index contributed by atoms with van der Waals surface area (Å²) in [5.41, 5.74) is -0.194. The van der Waals surface area contributed by atoms with Crippen molar-refractivity contribution in [2.24, 2.45) is 17.3 Å². The smallest absolute Gasteiger partial charge is 0.328 e. The maximum Gasteiger partial charge on any atom is 0.328 e. The Kier molecular flexibility index (Phi) is 19.4. The van der Waals surface area contributed by atoms with Gasteiger partial charge in [0.15, 0.2) is 6.29 Å². The summed E-state index contributed by atoms with van der Waals surface area (Å²) in [5, 5.41) is 67.1. The van der Waals surface area contributed by atoms with Crippen LogP contribution in [0.3, 0.4) is 0 Å². The van der Waals surface area contributed by atoms with Gasteiger partial charge in [-0.1, -0.05) is 93.7 Å². The Balaban J connectivity index is 1.73. The van der Waals surface area contributed by atoms with Crippen molar-refractivity contribution in [2.45, 2.75) is 128 Å². The first kappa shape index (κ1) is 49.0. The zero-order valence-electron chi connectivity index (χ0n) is 34.8. The van der Waals surface area contributed by atoms with Crippen LogP contribution in [0.5, 0.6) is 0 Å². The highest BCUT2D eigenvalue weighted by molar-refractivity contribution is 5.80. The fraction of sp³-hybridized carbons (Fsp3) is 0.628. The number of ether oxygens (including phenoxy) is 6. The average molecular weight is 820 g/mol. The number of amides is 1. The molecule has 0 bridgehead atoms. The van der Waals surface area contributed by atoms with Crippen LogP contribution in [0.25, 0.3) is 0 Å². The van der Waals surface area contributed by atoms with Gasteiger partial charge < -0.3 is 64.4 Å². The van der Waals surface area contributed by atoms with E-state index in [1.54, 1.807) is 88.6 Å². The molecular weight excluding hydrogens is 754 g/mol. The number of rotatable bonds is 19. The van der Waals surface area contributed by atoms with Crippen molar-refractivity contribution in [3.8, 4) is 0 Å². The molecule has 0 radical (unpaired) electrons. The first-order valence-electron chi connectivity index (χ1n) is 19.7. The van der Waals surface area contributed by atoms with E-state index in [0.717, 1.165) is 11.6 Å². The van der Waals surface area contributed by atoms with Gasteiger partial charge in [-0.25, -0.2) is 4.79 Å². The number of carbonyl (C=O) groups excluding carboxylic acids is 1. The van der Waals surface area contributed by atoms with Gasteiger partial charge in [0, 0.05) is 51.0 Å². The molecule has 3 aliphatic heterocycles. The predicted octanol–water partition coefficient (Wildman–Crippen LogP) is 2.64. The fourth-order valence-electron chi connectivity index (χ4n) is 7.36. The van der Waals surface area contributed by atoms with Crippen LogP contribution in [0.15, 0.2) is 84.6 Å². The monoisotopic (exact) mass is 819 g/mol. The van der Waals surface area contributed by atoms with Crippen LogP contribution in [0, 0.1) is 17.3 Å². The summed E-state index contributed by atoms with van der Waals surface area (Å²) >= 11 is 0. The number of aliphatic hydroxyl groups excluding tert-OH is 4. The molecular formula is C43H65NO14. The number of nitrogens with one attached hydrogen (secondary N) is 1. The topological polar surface area (TPSA) is 223 Å². The number of hydrogen-bond acceptors (Lipinski definition) is 13. The highest BCUT2D eigenvalue weighted by atomic mass is 16.7. The normalized spacial score (nSPS) is 35.2. The predicted molar refractivity (Wildman–Crippen MR) is 215 cm³/mol. The van der Waals surface area contributed by atoms with Gasteiger partial charge in [-0.3, -0.25) is 4.79 Å². The number of aliphatic hydroxyl groups is 5. The molecule has 0 saturated carbocycles. The lowest BCUT2D eigenvalue weighted by molar-refractivity contribution is -0.366. The second-order valence-electron chi connectivity index (χ2n) is 15.6. The van der Waals surface area contributed by atoms with E-state index in [1.807, 2.05) is 26.8 Å². The van der Waals surface area contributed by atoms with Gasteiger partial charge in [-0.05, 0) is 26.3 Å². The molecule has 3 heterocycles. The largest absolute Gasteiger partial charge is 0.478 e. The highest BCUT2D eigenvalue weighted by Crippen LogP contribution is 2.44. The molecule has 7 N–H and O–H groups in total. The highest BCUT2D eigenvalue weighted by Gasteiger charge is 2.61. The van der Waals surface area contributed by atoms with Crippen molar-refractivity contribution in [1.82, 2.24) is 5.32 Å². The average Bonchev–Trinajstić information content (AvgIpc) is 3.55. The summed E-state index contributed by atoms with van der Waals surface area (Å²) in [6.07, 6.45) is 12.4. The van der Waals surface area contributed by atoms with Gasteiger partial charge in [0.1, 0.15) is 24.2 Å². The van der Waals surface area contributed by atoms with Gasteiger partial charge >= 0.3 is 5.97 Å². The van der Waals surface area contributed by atoms with Gasteiger partial charge in [-0.2, -0.15) is 0 Å². The van der Waals surface area contributed by atoms with Gasteiger partial charge in [0.25, 0.3) is 0 Å². The fourth-order valence-corrected chi connectivity index (χ4v) is 7.36. The number of allylic oxidation sites excluding steroid dienone is 9. The molecule has 0 aromatic heterocycles. The number of carboxylic acid groups (broad SMARTS) is 1. The van der Waals surface area contributed by atoms with Crippen LogP contribution >= 0.6 is 0 Å². The van der Waals surface area contributed by atoms with Crippen LogP contribution in [0.4, 0.5) is 0 Å². The van der Waals surface area contributed by atoms with Crippen molar-refractivity contribution in [3.63, 3.8) is 0 Å². The molecule has 1 amide bonds. The second-order valence-corrected chi connectivity index (χ2v) is 15.6. The van der Waals surface area contributed by atoms with Crippen molar-refractivity contribution in [2.75, 3.05) is 27.4 Å². The Morgan fingerprint density at radius 1 is 0.948 bits per heavy atom. The van der Waals surface area contributed by atoms with Gasteiger partial charge in [0.05, 0.1) is 49.3 Å². The number of methoxy groups -OCH3 is 2. The molecule has 3 aliphatic rings. The van der Waals surface area contributed by atoms with Crippen LogP contribution in [0.1, 0.15) is 54.4 Å². The number of carbonyl (C=O) groups is 2. The second kappa shape index (κ2) is 22.9. The molecule has 0 aromatic carbocycles. The SMILES string of the molecule is CC=CC=CC1OC(O)(C(COC2CC(OC)C(O)C(C)O2)C(=O)NCC=CC=C(C)C(OC)C(C)C2CC(O)C(C=CC=CC=CC(=O)O)O2)C(O)C(O)C1(C)C. The third kappa shape index (κ3) is 12.8. The van der Waals surface area contributed by atoms with Crippen molar-refractivity contribution >= 4 is 11.9 Å². The molecule has 14 atom stereocenters. The quantitative estimate of drug-likeness (QED) is 0.0736. The first-order valence-corrected chi connectivity index (χ1v) is 19.7. The van der Waals surface area contributed by atoms with E-state index < -0.39 is 90.7 Å². The zero-order valence-corrected chi connectivity index (χ0v) is 34.8. The molecule has 0 aromatic rings. The molecule has 14 unspecified atom stereocenters. The number of hydrogen-bond donors (Lipinski definition) is 7. The molecule has 0 spiro atoms. The Morgan fingerprint density at radius 2 is 1.64 bits per heavy atom. The summed E-state index contributed by atoms with van der Waals surface area (Å²) < 4.78 is 35.3. The lowest BCUT2D eigenvalue weighted by atomic mass is 9.71. The lowest BCUT2D eigenvalue weighted by Gasteiger charge is -2.53. The summed E-state index contributed by atoms with van der Waals surface area (Å²) in [4.78, 5) is 24.5. The van der Waals surface area contributed by atoms with Crippen LogP contribution in [-0.4, -0.2) is 143 Å². The minimum absolute atomic E-state index is 0.0125. The van der Waals surface area contributed by atoms with Crippen LogP contribution < -0.4 is 5.32 Å². The van der Waals surface area contributed by atoms with E-state index in [4.69, 9.17) is 33.5 Å². The van der Waals surface area contributed by atoms with Crippen LogP contribution in [0.2, 0.25) is 0 Å². The molecule has 3 fully saturated rings. The van der Waals surface area contributed by atoms with E-state index in [9.17, 15) is 35.1 Å². The standard InChI is InChI=1S/C43H65NO14/c1-9-10-13-20-34-42(5,6)39(49)40(50)43(52,58-34)29(25-55-36-24-33(53-7)37(48)28(4)56-36)41(51)44-22-17-16-18-26(2)38(54-8)27(3)32-23-30(45)31(57-32)19-14-11-12-15-21-35(46)47/h9-21,27-34,36-40,45,48-50,52H,22-25H2,1-8H3,(H,44,51)(H,46,47). The molecule has 326 valence electrons. The summed E-state index contributed by atoms with van der Waals surface area (Å²) in [6.45, 7) is 10.3. The summed E-state index contributed by atoms with van der Waals surface area (Å²) in [6, 6.07) is 0. The van der Waals surface area contributed by atoms with E-state index >= 15 is 0 Å². The van der Waals surface area contributed by atoms with Gasteiger partial charge in [-0.15, -0.1) is 0 Å².